The molecule has 2 aromatic rings. The van der Waals surface area contributed by atoms with Crippen LogP contribution in [0.4, 0.5) is 11.5 Å². The highest BCUT2D eigenvalue weighted by molar-refractivity contribution is 6.08. The van der Waals surface area contributed by atoms with Gasteiger partial charge in [-0.3, -0.25) is 9.59 Å². The first-order chi connectivity index (χ1) is 12.7. The smallest absolute Gasteiger partial charge is 0.273 e. The second-order valence-electron chi connectivity index (χ2n) is 7.42. The van der Waals surface area contributed by atoms with E-state index in [2.05, 4.69) is 15.6 Å². The normalized spacial score (nSPS) is 11.7. The second-order valence-corrected chi connectivity index (χ2v) is 7.42. The van der Waals surface area contributed by atoms with E-state index in [0.717, 1.165) is 11.3 Å². The van der Waals surface area contributed by atoms with Crippen molar-refractivity contribution in [2.75, 3.05) is 24.3 Å². The molecule has 2 amide bonds. The maximum absolute atomic E-state index is 12.7. The molecule has 6 heteroatoms. The van der Waals surface area contributed by atoms with Gasteiger partial charge in [-0.15, -0.1) is 0 Å². The molecular formula is C21H26N4O2. The van der Waals surface area contributed by atoms with E-state index in [4.69, 9.17) is 0 Å². The van der Waals surface area contributed by atoms with Gasteiger partial charge in [-0.05, 0) is 35.9 Å². The zero-order valence-electron chi connectivity index (χ0n) is 16.4. The predicted molar refractivity (Wildman–Crippen MR) is 109 cm³/mol. The standard InChI is InChI=1S/C21H26N4O2/c1-21(2,3)20(27)23-17(19(26)24-18-8-6-7-13-22-18)14-15-9-11-16(12-10-15)25(4)5/h6-14H,1-5H3,(H,23,27)(H,22,24,26)/b17-14+. The van der Waals surface area contributed by atoms with Crippen LogP contribution < -0.4 is 15.5 Å². The van der Waals surface area contributed by atoms with Crippen LogP contribution in [-0.4, -0.2) is 30.9 Å². The van der Waals surface area contributed by atoms with Crippen LogP contribution in [0.3, 0.4) is 0 Å². The molecule has 27 heavy (non-hydrogen) atoms. The Hall–Kier alpha value is -3.15. The van der Waals surface area contributed by atoms with Gasteiger partial charge in [0.25, 0.3) is 5.91 Å². The predicted octanol–water partition coefficient (Wildman–Crippen LogP) is 3.29. The fourth-order valence-corrected chi connectivity index (χ4v) is 2.12. The summed E-state index contributed by atoms with van der Waals surface area (Å²) in [5.41, 5.74) is 1.39. The van der Waals surface area contributed by atoms with Crippen LogP contribution in [-0.2, 0) is 9.59 Å². The maximum Gasteiger partial charge on any atom is 0.273 e. The van der Waals surface area contributed by atoms with E-state index in [1.54, 1.807) is 51.2 Å². The second kappa shape index (κ2) is 8.49. The van der Waals surface area contributed by atoms with Crippen LogP contribution in [0.5, 0.6) is 0 Å². The van der Waals surface area contributed by atoms with Gasteiger partial charge in [-0.25, -0.2) is 4.98 Å². The minimum atomic E-state index is -0.626. The first kappa shape index (κ1) is 20.2. The number of carbonyl (C=O) groups is 2. The Labute approximate surface area is 160 Å². The number of carbonyl (C=O) groups excluding carboxylic acids is 2. The van der Waals surface area contributed by atoms with Gasteiger partial charge in [0.05, 0.1) is 0 Å². The van der Waals surface area contributed by atoms with Crippen LogP contribution in [0.1, 0.15) is 26.3 Å². The van der Waals surface area contributed by atoms with E-state index < -0.39 is 11.3 Å². The van der Waals surface area contributed by atoms with Crippen molar-refractivity contribution in [3.63, 3.8) is 0 Å². The summed E-state index contributed by atoms with van der Waals surface area (Å²) in [5, 5.41) is 5.44. The monoisotopic (exact) mass is 366 g/mol. The van der Waals surface area contributed by atoms with Crippen molar-refractivity contribution in [2.45, 2.75) is 20.8 Å². The number of nitrogens with zero attached hydrogens (tertiary/aromatic N) is 2. The summed E-state index contributed by atoms with van der Waals surface area (Å²) >= 11 is 0. The number of pyridine rings is 1. The molecule has 0 spiro atoms. The van der Waals surface area contributed by atoms with Crippen molar-refractivity contribution >= 4 is 29.4 Å². The summed E-state index contributed by atoms with van der Waals surface area (Å²) in [5.74, 6) is -0.251. The lowest BCUT2D eigenvalue weighted by atomic mass is 9.95. The third kappa shape index (κ3) is 5.95. The molecule has 0 aliphatic rings. The van der Waals surface area contributed by atoms with E-state index >= 15 is 0 Å². The molecule has 142 valence electrons. The molecular weight excluding hydrogens is 340 g/mol. The lowest BCUT2D eigenvalue weighted by Crippen LogP contribution is -2.38. The summed E-state index contributed by atoms with van der Waals surface area (Å²) in [7, 11) is 3.92. The molecule has 0 fully saturated rings. The van der Waals surface area contributed by atoms with Crippen molar-refractivity contribution in [3.05, 3.63) is 59.9 Å². The van der Waals surface area contributed by atoms with E-state index in [0.29, 0.717) is 5.82 Å². The molecule has 1 aromatic heterocycles. The Bertz CT molecular complexity index is 820. The highest BCUT2D eigenvalue weighted by Crippen LogP contribution is 2.17. The SMILES string of the molecule is CN(C)c1ccc(/C=C(/NC(=O)C(C)(C)C)C(=O)Nc2ccccn2)cc1. The molecule has 2 rings (SSSR count). The number of amides is 2. The Morgan fingerprint density at radius 2 is 1.70 bits per heavy atom. The van der Waals surface area contributed by atoms with Crippen molar-refractivity contribution < 1.29 is 9.59 Å². The number of hydrogen-bond acceptors (Lipinski definition) is 4. The van der Waals surface area contributed by atoms with Crippen LogP contribution >= 0.6 is 0 Å². The van der Waals surface area contributed by atoms with E-state index in [9.17, 15) is 9.59 Å². The minimum Gasteiger partial charge on any atom is -0.378 e. The number of anilines is 2. The third-order valence-electron chi connectivity index (χ3n) is 3.80. The number of aromatic nitrogens is 1. The summed E-state index contributed by atoms with van der Waals surface area (Å²) in [4.78, 5) is 31.2. The number of nitrogens with one attached hydrogen (secondary N) is 2. The van der Waals surface area contributed by atoms with E-state index in [1.165, 1.54) is 0 Å². The fraction of sp³-hybridized carbons (Fsp3) is 0.286. The molecule has 2 N–H and O–H groups in total. The minimum absolute atomic E-state index is 0.165. The molecule has 6 nitrogen and oxygen atoms in total. The maximum atomic E-state index is 12.7. The highest BCUT2D eigenvalue weighted by Gasteiger charge is 2.24. The van der Waals surface area contributed by atoms with Gasteiger partial charge >= 0.3 is 0 Å². The van der Waals surface area contributed by atoms with Gasteiger partial charge in [-0.2, -0.15) is 0 Å². The Balaban J connectivity index is 2.30. The Morgan fingerprint density at radius 1 is 1.04 bits per heavy atom. The topological polar surface area (TPSA) is 74.3 Å². The molecule has 1 heterocycles. The van der Waals surface area contributed by atoms with Gasteiger partial charge < -0.3 is 15.5 Å². The highest BCUT2D eigenvalue weighted by atomic mass is 16.2. The summed E-state index contributed by atoms with van der Waals surface area (Å²) in [6.07, 6.45) is 3.24. The molecule has 0 aliphatic heterocycles. The first-order valence-electron chi connectivity index (χ1n) is 8.70. The van der Waals surface area contributed by atoms with Crippen molar-refractivity contribution in [1.29, 1.82) is 0 Å². The Kier molecular flexibility index (Phi) is 6.34. The van der Waals surface area contributed by atoms with Crippen molar-refractivity contribution in [3.8, 4) is 0 Å². The van der Waals surface area contributed by atoms with Crippen molar-refractivity contribution in [2.24, 2.45) is 5.41 Å². The average Bonchev–Trinajstić information content (AvgIpc) is 2.61. The number of hydrogen-bond donors (Lipinski definition) is 2. The molecule has 1 aromatic carbocycles. The molecule has 0 saturated carbocycles. The fourth-order valence-electron chi connectivity index (χ4n) is 2.12. The summed E-state index contributed by atoms with van der Waals surface area (Å²) in [6, 6.07) is 12.9. The van der Waals surface area contributed by atoms with Gasteiger partial charge in [0, 0.05) is 31.4 Å². The van der Waals surface area contributed by atoms with Crippen molar-refractivity contribution in [1.82, 2.24) is 10.3 Å². The zero-order chi connectivity index (χ0) is 20.0. The summed E-state index contributed by atoms with van der Waals surface area (Å²) in [6.45, 7) is 5.38. The number of benzene rings is 1. The summed E-state index contributed by atoms with van der Waals surface area (Å²) < 4.78 is 0. The quantitative estimate of drug-likeness (QED) is 0.797. The largest absolute Gasteiger partial charge is 0.378 e. The van der Waals surface area contributed by atoms with Gasteiger partial charge in [0.15, 0.2) is 0 Å². The van der Waals surface area contributed by atoms with Crippen LogP contribution in [0.2, 0.25) is 0 Å². The van der Waals surface area contributed by atoms with Crippen LogP contribution in [0.25, 0.3) is 6.08 Å². The van der Waals surface area contributed by atoms with E-state index in [1.807, 2.05) is 43.3 Å². The number of rotatable bonds is 5. The molecule has 0 atom stereocenters. The van der Waals surface area contributed by atoms with Crippen LogP contribution in [0, 0.1) is 5.41 Å². The van der Waals surface area contributed by atoms with Gasteiger partial charge in [-0.1, -0.05) is 39.0 Å². The van der Waals surface area contributed by atoms with Gasteiger partial charge in [0.1, 0.15) is 11.5 Å². The third-order valence-corrected chi connectivity index (χ3v) is 3.80. The molecule has 0 radical (unpaired) electrons. The lowest BCUT2D eigenvalue weighted by molar-refractivity contribution is -0.128. The Morgan fingerprint density at radius 3 is 2.22 bits per heavy atom. The molecule has 0 aliphatic carbocycles. The average molecular weight is 366 g/mol. The lowest BCUT2D eigenvalue weighted by Gasteiger charge is -2.19. The molecule has 0 saturated heterocycles. The molecule has 0 unspecified atom stereocenters. The van der Waals surface area contributed by atoms with Crippen LogP contribution in [0.15, 0.2) is 54.4 Å². The zero-order valence-corrected chi connectivity index (χ0v) is 16.4. The van der Waals surface area contributed by atoms with Gasteiger partial charge in [0.2, 0.25) is 5.91 Å². The van der Waals surface area contributed by atoms with E-state index in [-0.39, 0.29) is 11.6 Å². The first-order valence-corrected chi connectivity index (χ1v) is 8.70. The molecule has 0 bridgehead atoms.